The Morgan fingerprint density at radius 2 is 2.17 bits per heavy atom. The van der Waals surface area contributed by atoms with Crippen LogP contribution in [0.3, 0.4) is 0 Å². The van der Waals surface area contributed by atoms with Crippen molar-refractivity contribution in [1.29, 1.82) is 0 Å². The number of aryl methyl sites for hydroxylation is 1. The molecular weight excluding hydrogens is 251 g/mol. The van der Waals surface area contributed by atoms with Gasteiger partial charge in [-0.3, -0.25) is 4.98 Å². The molecule has 1 aromatic heterocycles. The molecule has 1 aromatic carbocycles. The van der Waals surface area contributed by atoms with Crippen molar-refractivity contribution in [2.75, 3.05) is 0 Å². The monoisotopic (exact) mass is 264 g/mol. The number of nitrogens with two attached hydrogens (primary N) is 1. The number of benzene rings is 1. The van der Waals surface area contributed by atoms with Gasteiger partial charge in [0.1, 0.15) is 5.82 Å². The maximum absolute atomic E-state index is 13.2. The van der Waals surface area contributed by atoms with Crippen molar-refractivity contribution in [2.24, 2.45) is 5.73 Å². The Morgan fingerprint density at radius 3 is 2.89 bits per heavy atom. The van der Waals surface area contributed by atoms with E-state index in [1.54, 1.807) is 18.5 Å². The Hall–Kier alpha value is -1.45. The minimum Gasteiger partial charge on any atom is -0.324 e. The van der Waals surface area contributed by atoms with Crippen molar-refractivity contribution in [1.82, 2.24) is 4.98 Å². The summed E-state index contributed by atoms with van der Waals surface area (Å²) in [7, 11) is 0. The molecule has 2 aromatic rings. The third kappa shape index (κ3) is 2.86. The lowest BCUT2D eigenvalue weighted by molar-refractivity contribution is 0.622. The molecule has 0 aliphatic rings. The predicted molar refractivity (Wildman–Crippen MR) is 71.0 cm³/mol. The van der Waals surface area contributed by atoms with Crippen molar-refractivity contribution in [3.8, 4) is 0 Å². The van der Waals surface area contributed by atoms with E-state index in [9.17, 15) is 4.39 Å². The topological polar surface area (TPSA) is 38.9 Å². The lowest BCUT2D eigenvalue weighted by Crippen LogP contribution is -2.15. The molecule has 1 unspecified atom stereocenters. The quantitative estimate of drug-likeness (QED) is 0.923. The van der Waals surface area contributed by atoms with Crippen LogP contribution in [0.4, 0.5) is 4.39 Å². The first kappa shape index (κ1) is 13.0. The zero-order chi connectivity index (χ0) is 13.1. The van der Waals surface area contributed by atoms with Crippen LogP contribution in [0.5, 0.6) is 0 Å². The Labute approximate surface area is 111 Å². The maximum atomic E-state index is 13.2. The first-order chi connectivity index (χ1) is 8.58. The molecule has 2 rings (SSSR count). The number of halogens is 2. The van der Waals surface area contributed by atoms with Crippen LogP contribution in [0.2, 0.25) is 5.02 Å². The summed E-state index contributed by atoms with van der Waals surface area (Å²) in [4.78, 5) is 4.02. The molecule has 0 fully saturated rings. The summed E-state index contributed by atoms with van der Waals surface area (Å²) in [6.45, 7) is 1.95. The van der Waals surface area contributed by atoms with Crippen LogP contribution in [0.1, 0.15) is 22.7 Å². The van der Waals surface area contributed by atoms with Crippen molar-refractivity contribution >= 4 is 11.6 Å². The van der Waals surface area contributed by atoms with Crippen LogP contribution in [0, 0.1) is 12.7 Å². The van der Waals surface area contributed by atoms with E-state index >= 15 is 0 Å². The van der Waals surface area contributed by atoms with Crippen LogP contribution in [-0.2, 0) is 6.42 Å². The Morgan fingerprint density at radius 1 is 1.39 bits per heavy atom. The Bertz CT molecular complexity index is 557. The highest BCUT2D eigenvalue weighted by atomic mass is 35.5. The smallest absolute Gasteiger partial charge is 0.123 e. The minimum atomic E-state index is -0.298. The molecule has 2 nitrogen and oxygen atoms in total. The summed E-state index contributed by atoms with van der Waals surface area (Å²) in [5.74, 6) is -0.298. The highest BCUT2D eigenvalue weighted by Crippen LogP contribution is 2.24. The number of hydrogen-bond donors (Lipinski definition) is 1. The summed E-state index contributed by atoms with van der Waals surface area (Å²) in [6, 6.07) is 5.99. The van der Waals surface area contributed by atoms with Gasteiger partial charge >= 0.3 is 0 Å². The molecule has 0 aliphatic heterocycles. The molecule has 1 heterocycles. The molecule has 0 bridgehead atoms. The van der Waals surface area contributed by atoms with Gasteiger partial charge in [0.05, 0.1) is 0 Å². The van der Waals surface area contributed by atoms with Gasteiger partial charge in [0, 0.05) is 23.5 Å². The second-order valence-electron chi connectivity index (χ2n) is 4.28. The molecule has 1 atom stereocenters. The van der Waals surface area contributed by atoms with Crippen molar-refractivity contribution in [2.45, 2.75) is 19.4 Å². The highest BCUT2D eigenvalue weighted by Gasteiger charge is 2.12. The lowest BCUT2D eigenvalue weighted by Gasteiger charge is -2.15. The van der Waals surface area contributed by atoms with E-state index in [2.05, 4.69) is 4.98 Å². The van der Waals surface area contributed by atoms with Gasteiger partial charge in [-0.2, -0.15) is 0 Å². The Balaban J connectivity index is 2.24. The first-order valence-electron chi connectivity index (χ1n) is 5.68. The maximum Gasteiger partial charge on any atom is 0.123 e. The molecule has 2 N–H and O–H groups in total. The third-order valence-electron chi connectivity index (χ3n) is 2.91. The van der Waals surface area contributed by atoms with Gasteiger partial charge in [-0.25, -0.2) is 4.39 Å². The Kier molecular flexibility index (Phi) is 3.94. The fraction of sp³-hybridized carbons (Fsp3) is 0.214. The lowest BCUT2D eigenvalue weighted by atomic mass is 9.97. The van der Waals surface area contributed by atoms with Gasteiger partial charge < -0.3 is 5.73 Å². The van der Waals surface area contributed by atoms with E-state index in [4.69, 9.17) is 17.3 Å². The molecule has 4 heteroatoms. The standard InChI is InChI=1S/C14H14ClFN2/c1-9-8-18-5-4-12(9)14(17)7-10-6-11(16)2-3-13(10)15/h2-6,8,14H,7,17H2,1H3. The van der Waals surface area contributed by atoms with Gasteiger partial charge in [-0.15, -0.1) is 0 Å². The summed E-state index contributed by atoms with van der Waals surface area (Å²) in [6.07, 6.45) is 3.97. The van der Waals surface area contributed by atoms with E-state index in [0.717, 1.165) is 16.7 Å². The van der Waals surface area contributed by atoms with E-state index in [1.165, 1.54) is 12.1 Å². The van der Waals surface area contributed by atoms with Crippen molar-refractivity contribution in [3.63, 3.8) is 0 Å². The van der Waals surface area contributed by atoms with Gasteiger partial charge in [-0.1, -0.05) is 11.6 Å². The normalized spacial score (nSPS) is 12.4. The molecule has 0 aliphatic carbocycles. The summed E-state index contributed by atoms with van der Waals surface area (Å²) >= 11 is 6.03. The molecule has 94 valence electrons. The molecule has 0 radical (unpaired) electrons. The van der Waals surface area contributed by atoms with Crippen LogP contribution in [0.15, 0.2) is 36.7 Å². The minimum absolute atomic E-state index is 0.215. The van der Waals surface area contributed by atoms with Crippen LogP contribution >= 0.6 is 11.6 Å². The van der Waals surface area contributed by atoms with E-state index in [0.29, 0.717) is 11.4 Å². The van der Waals surface area contributed by atoms with E-state index in [1.807, 2.05) is 13.0 Å². The van der Waals surface area contributed by atoms with Gasteiger partial charge in [0.25, 0.3) is 0 Å². The zero-order valence-electron chi connectivity index (χ0n) is 10.0. The molecule has 0 saturated carbocycles. The predicted octanol–water partition coefficient (Wildman–Crippen LogP) is 3.43. The summed E-state index contributed by atoms with van der Waals surface area (Å²) < 4.78 is 13.2. The average molecular weight is 265 g/mol. The number of nitrogens with zero attached hydrogens (tertiary/aromatic N) is 1. The van der Waals surface area contributed by atoms with Gasteiger partial charge in [0.15, 0.2) is 0 Å². The fourth-order valence-electron chi connectivity index (χ4n) is 1.95. The fourth-order valence-corrected chi connectivity index (χ4v) is 2.14. The largest absolute Gasteiger partial charge is 0.324 e. The number of aromatic nitrogens is 1. The number of rotatable bonds is 3. The van der Waals surface area contributed by atoms with E-state index < -0.39 is 0 Å². The second-order valence-corrected chi connectivity index (χ2v) is 4.69. The molecule has 0 amide bonds. The van der Waals surface area contributed by atoms with Crippen LogP contribution < -0.4 is 5.73 Å². The van der Waals surface area contributed by atoms with Crippen molar-refractivity contribution in [3.05, 3.63) is 64.2 Å². The zero-order valence-corrected chi connectivity index (χ0v) is 10.8. The number of hydrogen-bond acceptors (Lipinski definition) is 2. The van der Waals surface area contributed by atoms with Gasteiger partial charge in [-0.05, 0) is 54.3 Å². The van der Waals surface area contributed by atoms with Crippen LogP contribution in [0.25, 0.3) is 0 Å². The molecule has 18 heavy (non-hydrogen) atoms. The van der Waals surface area contributed by atoms with E-state index in [-0.39, 0.29) is 11.9 Å². The number of pyridine rings is 1. The third-order valence-corrected chi connectivity index (χ3v) is 3.28. The summed E-state index contributed by atoms with van der Waals surface area (Å²) in [5.41, 5.74) is 8.89. The molecule has 0 spiro atoms. The highest BCUT2D eigenvalue weighted by molar-refractivity contribution is 6.31. The summed E-state index contributed by atoms with van der Waals surface area (Å²) in [5, 5.41) is 0.540. The first-order valence-corrected chi connectivity index (χ1v) is 6.05. The molecular formula is C14H14ClFN2. The average Bonchev–Trinajstić information content (AvgIpc) is 2.34. The second kappa shape index (κ2) is 5.46. The van der Waals surface area contributed by atoms with Crippen LogP contribution in [-0.4, -0.2) is 4.98 Å². The van der Waals surface area contributed by atoms with Crippen molar-refractivity contribution < 1.29 is 4.39 Å². The molecule has 0 saturated heterocycles. The SMILES string of the molecule is Cc1cnccc1C(N)Cc1cc(F)ccc1Cl. The van der Waals surface area contributed by atoms with Gasteiger partial charge in [0.2, 0.25) is 0 Å².